The third-order valence-corrected chi connectivity index (χ3v) is 3.21. The molecule has 0 bridgehead atoms. The molecule has 20 heavy (non-hydrogen) atoms. The molecule has 2 rings (SSSR count). The first kappa shape index (κ1) is 14.3. The minimum Gasteiger partial charge on any atom is -0.488 e. The van der Waals surface area contributed by atoms with Crippen LogP contribution >= 0.6 is 11.6 Å². The van der Waals surface area contributed by atoms with Crippen LogP contribution in [-0.2, 0) is 6.61 Å². The van der Waals surface area contributed by atoms with Gasteiger partial charge in [-0.15, -0.1) is 0 Å². The van der Waals surface area contributed by atoms with E-state index < -0.39 is 5.82 Å². The first-order chi connectivity index (χ1) is 9.63. The number of benzene rings is 2. The van der Waals surface area contributed by atoms with Gasteiger partial charge in [0.15, 0.2) is 0 Å². The van der Waals surface area contributed by atoms with E-state index in [-0.39, 0.29) is 6.61 Å². The molecule has 0 spiro atoms. The minimum absolute atomic E-state index is 0.00122. The van der Waals surface area contributed by atoms with Gasteiger partial charge in [0, 0.05) is 11.1 Å². The van der Waals surface area contributed by atoms with Crippen LogP contribution in [0.15, 0.2) is 47.6 Å². The van der Waals surface area contributed by atoms with Crippen LogP contribution in [0.2, 0.25) is 5.02 Å². The van der Waals surface area contributed by atoms with Crippen molar-refractivity contribution in [2.45, 2.75) is 13.5 Å². The molecule has 0 aromatic heterocycles. The van der Waals surface area contributed by atoms with Gasteiger partial charge in [-0.3, -0.25) is 0 Å². The topological polar surface area (TPSA) is 41.8 Å². The third kappa shape index (κ3) is 3.08. The SMILES string of the molecule is CC(=NO)c1ccccc1OCc1c(F)cccc1Cl. The van der Waals surface area contributed by atoms with Crippen molar-refractivity contribution >= 4 is 17.3 Å². The van der Waals surface area contributed by atoms with Crippen LogP contribution in [0.1, 0.15) is 18.1 Å². The zero-order valence-corrected chi connectivity index (χ0v) is 11.6. The Morgan fingerprint density at radius 2 is 2.00 bits per heavy atom. The van der Waals surface area contributed by atoms with E-state index in [1.165, 1.54) is 12.1 Å². The third-order valence-electron chi connectivity index (χ3n) is 2.86. The molecule has 0 fully saturated rings. The highest BCUT2D eigenvalue weighted by Crippen LogP contribution is 2.24. The smallest absolute Gasteiger partial charge is 0.131 e. The van der Waals surface area contributed by atoms with E-state index in [9.17, 15) is 4.39 Å². The molecular weight excluding hydrogens is 281 g/mol. The summed E-state index contributed by atoms with van der Waals surface area (Å²) in [6.45, 7) is 1.65. The van der Waals surface area contributed by atoms with Crippen LogP contribution in [0.4, 0.5) is 4.39 Å². The van der Waals surface area contributed by atoms with Gasteiger partial charge in [-0.25, -0.2) is 4.39 Å². The van der Waals surface area contributed by atoms with Crippen molar-refractivity contribution in [3.8, 4) is 5.75 Å². The van der Waals surface area contributed by atoms with Crippen LogP contribution < -0.4 is 4.74 Å². The summed E-state index contributed by atoms with van der Waals surface area (Å²) in [4.78, 5) is 0. The zero-order chi connectivity index (χ0) is 14.5. The van der Waals surface area contributed by atoms with Crippen LogP contribution in [-0.4, -0.2) is 10.9 Å². The summed E-state index contributed by atoms with van der Waals surface area (Å²) in [6.07, 6.45) is 0. The molecule has 0 aliphatic heterocycles. The monoisotopic (exact) mass is 293 g/mol. The lowest BCUT2D eigenvalue weighted by atomic mass is 10.1. The predicted octanol–water partition coefficient (Wildman–Crippen LogP) is 4.26. The largest absolute Gasteiger partial charge is 0.488 e. The lowest BCUT2D eigenvalue weighted by Gasteiger charge is -2.12. The van der Waals surface area contributed by atoms with Gasteiger partial charge >= 0.3 is 0 Å². The molecule has 0 unspecified atom stereocenters. The molecule has 5 heteroatoms. The summed E-state index contributed by atoms with van der Waals surface area (Å²) >= 11 is 5.94. The molecule has 0 saturated carbocycles. The van der Waals surface area contributed by atoms with Gasteiger partial charge in [-0.05, 0) is 31.2 Å². The maximum atomic E-state index is 13.7. The highest BCUT2D eigenvalue weighted by atomic mass is 35.5. The van der Waals surface area contributed by atoms with Gasteiger partial charge in [-0.1, -0.05) is 35.0 Å². The van der Waals surface area contributed by atoms with Crippen molar-refractivity contribution < 1.29 is 14.3 Å². The Labute approximate surface area is 121 Å². The predicted molar refractivity (Wildman–Crippen MR) is 76.2 cm³/mol. The molecule has 0 aliphatic carbocycles. The molecular formula is C15H13ClFNO2. The lowest BCUT2D eigenvalue weighted by Crippen LogP contribution is -2.04. The number of para-hydroxylation sites is 1. The number of hydrogen-bond acceptors (Lipinski definition) is 3. The van der Waals surface area contributed by atoms with Gasteiger partial charge in [-0.2, -0.15) is 0 Å². The molecule has 104 valence electrons. The number of oxime groups is 1. The van der Waals surface area contributed by atoms with E-state index in [0.29, 0.717) is 27.6 Å². The first-order valence-corrected chi connectivity index (χ1v) is 6.35. The summed E-state index contributed by atoms with van der Waals surface area (Å²) in [5.74, 6) is 0.0876. The Balaban J connectivity index is 2.24. The maximum absolute atomic E-state index is 13.7. The number of hydrogen-bond donors (Lipinski definition) is 1. The average molecular weight is 294 g/mol. The zero-order valence-electron chi connectivity index (χ0n) is 10.8. The summed E-state index contributed by atoms with van der Waals surface area (Å²) in [7, 11) is 0. The molecule has 2 aromatic carbocycles. The Kier molecular flexibility index (Phi) is 4.58. The van der Waals surface area contributed by atoms with E-state index in [1.54, 1.807) is 37.3 Å². The first-order valence-electron chi connectivity index (χ1n) is 5.97. The molecule has 0 radical (unpaired) electrons. The molecule has 0 atom stereocenters. The Hall–Kier alpha value is -2.07. The Morgan fingerprint density at radius 3 is 2.70 bits per heavy atom. The average Bonchev–Trinajstić information content (AvgIpc) is 2.46. The van der Waals surface area contributed by atoms with Crippen molar-refractivity contribution in [3.05, 3.63) is 64.4 Å². The van der Waals surface area contributed by atoms with Gasteiger partial charge in [0.05, 0.1) is 10.7 Å². The molecule has 0 aliphatic rings. The highest BCUT2D eigenvalue weighted by Gasteiger charge is 2.10. The highest BCUT2D eigenvalue weighted by molar-refractivity contribution is 6.31. The fourth-order valence-electron chi connectivity index (χ4n) is 1.77. The number of nitrogens with zero attached hydrogens (tertiary/aromatic N) is 1. The van der Waals surface area contributed by atoms with Crippen LogP contribution in [0.5, 0.6) is 5.75 Å². The van der Waals surface area contributed by atoms with Crippen molar-refractivity contribution in [2.75, 3.05) is 0 Å². The molecule has 2 aromatic rings. The van der Waals surface area contributed by atoms with Crippen LogP contribution in [0.25, 0.3) is 0 Å². The standard InChI is InChI=1S/C15H13ClFNO2/c1-10(18-19)11-5-2-3-8-15(11)20-9-12-13(16)6-4-7-14(12)17/h2-8,19H,9H2,1H3. The van der Waals surface area contributed by atoms with Crippen molar-refractivity contribution in [1.29, 1.82) is 0 Å². The second-order valence-corrected chi connectivity index (χ2v) is 4.58. The Bertz CT molecular complexity index is 623. The molecule has 0 saturated heterocycles. The molecule has 0 amide bonds. The van der Waals surface area contributed by atoms with E-state index in [0.717, 1.165) is 0 Å². The second-order valence-electron chi connectivity index (χ2n) is 4.17. The number of halogens is 2. The Morgan fingerprint density at radius 1 is 1.25 bits per heavy atom. The number of ether oxygens (including phenoxy) is 1. The second kappa shape index (κ2) is 6.39. The normalized spacial score (nSPS) is 11.4. The minimum atomic E-state index is -0.414. The number of rotatable bonds is 4. The quantitative estimate of drug-likeness (QED) is 0.520. The summed E-state index contributed by atoms with van der Waals surface area (Å²) in [5, 5.41) is 12.3. The van der Waals surface area contributed by atoms with E-state index in [4.69, 9.17) is 21.5 Å². The van der Waals surface area contributed by atoms with Gasteiger partial charge in [0.2, 0.25) is 0 Å². The fourth-order valence-corrected chi connectivity index (χ4v) is 1.98. The van der Waals surface area contributed by atoms with Gasteiger partial charge < -0.3 is 9.94 Å². The molecule has 1 N–H and O–H groups in total. The maximum Gasteiger partial charge on any atom is 0.131 e. The van der Waals surface area contributed by atoms with E-state index in [1.807, 2.05) is 0 Å². The van der Waals surface area contributed by atoms with Crippen molar-refractivity contribution in [2.24, 2.45) is 5.16 Å². The summed E-state index contributed by atoms with van der Waals surface area (Å²) < 4.78 is 19.2. The van der Waals surface area contributed by atoms with Gasteiger partial charge in [0.1, 0.15) is 18.2 Å². The van der Waals surface area contributed by atoms with E-state index in [2.05, 4.69) is 5.16 Å². The van der Waals surface area contributed by atoms with Crippen molar-refractivity contribution in [1.82, 2.24) is 0 Å². The van der Waals surface area contributed by atoms with Gasteiger partial charge in [0.25, 0.3) is 0 Å². The van der Waals surface area contributed by atoms with Crippen LogP contribution in [0, 0.1) is 5.82 Å². The summed E-state index contributed by atoms with van der Waals surface area (Å²) in [5.41, 5.74) is 1.35. The van der Waals surface area contributed by atoms with Crippen molar-refractivity contribution in [3.63, 3.8) is 0 Å². The molecule has 3 nitrogen and oxygen atoms in total. The fraction of sp³-hybridized carbons (Fsp3) is 0.133. The molecule has 0 heterocycles. The lowest BCUT2D eigenvalue weighted by molar-refractivity contribution is 0.297. The van der Waals surface area contributed by atoms with Crippen LogP contribution in [0.3, 0.4) is 0 Å². The van der Waals surface area contributed by atoms with E-state index >= 15 is 0 Å². The summed E-state index contributed by atoms with van der Waals surface area (Å²) in [6, 6.07) is 11.5.